The number of nitriles is 1. The minimum absolute atomic E-state index is 0.441. The van der Waals surface area contributed by atoms with Crippen LogP contribution in [0.25, 0.3) is 0 Å². The van der Waals surface area contributed by atoms with Gasteiger partial charge in [-0.05, 0) is 67.4 Å². The molecule has 158 valence electrons. The van der Waals surface area contributed by atoms with E-state index in [1.165, 1.54) is 32.1 Å². The number of benzene rings is 1. The molecule has 2 heterocycles. The van der Waals surface area contributed by atoms with Crippen LogP contribution in [0.3, 0.4) is 0 Å². The Balaban J connectivity index is 1.58. The molecule has 0 radical (unpaired) electrons. The molecule has 4 atom stereocenters. The Morgan fingerprint density at radius 3 is 2.97 bits per heavy atom. The summed E-state index contributed by atoms with van der Waals surface area (Å²) in [5.74, 6) is 3.37. The van der Waals surface area contributed by atoms with Gasteiger partial charge in [0.25, 0.3) is 0 Å². The number of nitrogens with one attached hydrogen (secondary N) is 1. The Bertz CT molecular complexity index is 714. The Labute approximate surface area is 185 Å². The van der Waals surface area contributed by atoms with Crippen molar-refractivity contribution in [2.24, 2.45) is 17.8 Å². The SMILES string of the molecule is CCC(CC(CC)C1CCOC1)CC1SCCN1C(=S)Nc1cccc(C#N)c1. The van der Waals surface area contributed by atoms with Gasteiger partial charge in [-0.25, -0.2) is 0 Å². The molecule has 0 saturated carbocycles. The molecule has 4 nitrogen and oxygen atoms in total. The maximum Gasteiger partial charge on any atom is 0.174 e. The lowest BCUT2D eigenvalue weighted by Gasteiger charge is -2.31. The highest BCUT2D eigenvalue weighted by molar-refractivity contribution is 8.00. The van der Waals surface area contributed by atoms with E-state index >= 15 is 0 Å². The molecule has 1 N–H and O–H groups in total. The van der Waals surface area contributed by atoms with Crippen molar-refractivity contribution in [3.63, 3.8) is 0 Å². The lowest BCUT2D eigenvalue weighted by molar-refractivity contribution is 0.160. The highest BCUT2D eigenvalue weighted by Crippen LogP contribution is 2.36. The van der Waals surface area contributed by atoms with Gasteiger partial charge in [-0.15, -0.1) is 11.8 Å². The number of rotatable bonds is 8. The summed E-state index contributed by atoms with van der Waals surface area (Å²) in [6, 6.07) is 9.72. The van der Waals surface area contributed by atoms with E-state index in [4.69, 9.17) is 22.2 Å². The molecule has 1 aromatic carbocycles. The molecule has 0 aliphatic carbocycles. The van der Waals surface area contributed by atoms with E-state index in [0.29, 0.717) is 10.9 Å². The van der Waals surface area contributed by atoms with Gasteiger partial charge in [0.15, 0.2) is 5.11 Å². The smallest absolute Gasteiger partial charge is 0.174 e. The summed E-state index contributed by atoms with van der Waals surface area (Å²) in [5, 5.41) is 13.7. The predicted octanol–water partition coefficient (Wildman–Crippen LogP) is 5.50. The quantitative estimate of drug-likeness (QED) is 0.549. The maximum absolute atomic E-state index is 9.11. The highest BCUT2D eigenvalue weighted by atomic mass is 32.2. The number of ether oxygens (including phenoxy) is 1. The van der Waals surface area contributed by atoms with Crippen LogP contribution in [0.15, 0.2) is 24.3 Å². The monoisotopic (exact) mass is 431 g/mol. The summed E-state index contributed by atoms with van der Waals surface area (Å²) in [6.07, 6.45) is 6.19. The van der Waals surface area contributed by atoms with Crippen LogP contribution < -0.4 is 5.32 Å². The second-order valence-electron chi connectivity index (χ2n) is 8.18. The summed E-state index contributed by atoms with van der Waals surface area (Å²) in [5.41, 5.74) is 1.54. The molecule has 3 rings (SSSR count). The van der Waals surface area contributed by atoms with Gasteiger partial charge in [0.2, 0.25) is 0 Å². The molecule has 2 aliphatic heterocycles. The molecule has 4 unspecified atom stereocenters. The molecule has 2 saturated heterocycles. The van der Waals surface area contributed by atoms with Crippen molar-refractivity contribution >= 4 is 34.8 Å². The van der Waals surface area contributed by atoms with Crippen molar-refractivity contribution in [2.75, 3.05) is 30.8 Å². The zero-order valence-corrected chi connectivity index (χ0v) is 19.2. The third-order valence-corrected chi connectivity index (χ3v) is 7.98. The van der Waals surface area contributed by atoms with Crippen LogP contribution in [0, 0.1) is 29.1 Å². The van der Waals surface area contributed by atoms with Gasteiger partial charge in [0, 0.05) is 31.2 Å². The normalized spacial score (nSPS) is 23.6. The highest BCUT2D eigenvalue weighted by Gasteiger charge is 2.32. The van der Waals surface area contributed by atoms with Gasteiger partial charge in [0.05, 0.1) is 17.0 Å². The lowest BCUT2D eigenvalue weighted by atomic mass is 9.80. The van der Waals surface area contributed by atoms with E-state index in [1.807, 2.05) is 36.0 Å². The summed E-state index contributed by atoms with van der Waals surface area (Å²) >= 11 is 7.77. The fraction of sp³-hybridized carbons (Fsp3) is 0.652. The van der Waals surface area contributed by atoms with E-state index in [1.54, 1.807) is 0 Å². The zero-order valence-electron chi connectivity index (χ0n) is 17.6. The molecule has 0 amide bonds. The van der Waals surface area contributed by atoms with Crippen molar-refractivity contribution in [1.82, 2.24) is 4.90 Å². The molecule has 0 aromatic heterocycles. The first-order valence-corrected chi connectivity index (χ1v) is 12.4. The van der Waals surface area contributed by atoms with Crippen LogP contribution in [-0.2, 0) is 4.74 Å². The number of thioether (sulfide) groups is 1. The predicted molar refractivity (Wildman–Crippen MR) is 126 cm³/mol. The number of hydrogen-bond donors (Lipinski definition) is 1. The Hall–Kier alpha value is -1.29. The lowest BCUT2D eigenvalue weighted by Crippen LogP contribution is -2.39. The van der Waals surface area contributed by atoms with Crippen LogP contribution in [0.2, 0.25) is 0 Å². The van der Waals surface area contributed by atoms with Crippen molar-refractivity contribution in [2.45, 2.75) is 51.3 Å². The number of hydrogen-bond acceptors (Lipinski definition) is 4. The Kier molecular flexibility index (Phi) is 8.65. The molecule has 29 heavy (non-hydrogen) atoms. The van der Waals surface area contributed by atoms with E-state index in [-0.39, 0.29) is 0 Å². The van der Waals surface area contributed by atoms with Crippen LogP contribution in [-0.4, -0.2) is 40.9 Å². The standard InChI is InChI=1S/C23H33N3OS2/c1-3-17(12-19(4-2)20-8-10-27-16-20)14-22-26(9-11-29-22)23(28)25-21-7-5-6-18(13-21)15-24/h5-7,13,17,19-20,22H,3-4,8-12,14,16H2,1-2H3,(H,25,28). The first kappa shape index (κ1) is 22.4. The minimum Gasteiger partial charge on any atom is -0.381 e. The number of anilines is 1. The number of thiocarbonyl (C=S) groups is 1. The summed E-state index contributed by atoms with van der Waals surface area (Å²) in [4.78, 5) is 2.35. The third kappa shape index (κ3) is 6.10. The maximum atomic E-state index is 9.11. The van der Waals surface area contributed by atoms with Gasteiger partial charge in [-0.1, -0.05) is 32.8 Å². The first-order valence-electron chi connectivity index (χ1n) is 10.9. The molecule has 1 aromatic rings. The molecule has 0 spiro atoms. The van der Waals surface area contributed by atoms with Crippen LogP contribution >= 0.6 is 24.0 Å². The van der Waals surface area contributed by atoms with E-state index < -0.39 is 0 Å². The van der Waals surface area contributed by atoms with Crippen molar-refractivity contribution < 1.29 is 4.74 Å². The summed E-state index contributed by atoms with van der Waals surface area (Å²) < 4.78 is 5.65. The van der Waals surface area contributed by atoms with Gasteiger partial charge in [-0.2, -0.15) is 5.26 Å². The van der Waals surface area contributed by atoms with E-state index in [9.17, 15) is 0 Å². The number of nitrogens with zero attached hydrogens (tertiary/aromatic N) is 2. The average molecular weight is 432 g/mol. The molecule has 2 fully saturated rings. The third-order valence-electron chi connectivity index (χ3n) is 6.40. The average Bonchev–Trinajstić information content (AvgIpc) is 3.43. The molecule has 0 bridgehead atoms. The second kappa shape index (κ2) is 11.2. The van der Waals surface area contributed by atoms with E-state index in [0.717, 1.165) is 54.1 Å². The first-order chi connectivity index (χ1) is 14.1. The second-order valence-corrected chi connectivity index (χ2v) is 9.85. The largest absolute Gasteiger partial charge is 0.381 e. The van der Waals surface area contributed by atoms with Gasteiger partial charge < -0.3 is 15.0 Å². The summed E-state index contributed by atoms with van der Waals surface area (Å²) in [6.45, 7) is 7.55. The van der Waals surface area contributed by atoms with Crippen molar-refractivity contribution in [3.05, 3.63) is 29.8 Å². The Morgan fingerprint density at radius 2 is 2.28 bits per heavy atom. The Morgan fingerprint density at radius 1 is 1.41 bits per heavy atom. The van der Waals surface area contributed by atoms with Crippen molar-refractivity contribution in [1.29, 1.82) is 5.26 Å². The molecular weight excluding hydrogens is 398 g/mol. The fourth-order valence-corrected chi connectivity index (χ4v) is 6.35. The van der Waals surface area contributed by atoms with Crippen LogP contribution in [0.1, 0.15) is 51.5 Å². The fourth-order valence-electron chi connectivity index (χ4n) is 4.57. The molecule has 2 aliphatic rings. The van der Waals surface area contributed by atoms with Gasteiger partial charge in [0.1, 0.15) is 0 Å². The summed E-state index contributed by atoms with van der Waals surface area (Å²) in [7, 11) is 0. The van der Waals surface area contributed by atoms with Gasteiger partial charge in [-0.3, -0.25) is 0 Å². The zero-order chi connectivity index (χ0) is 20.6. The van der Waals surface area contributed by atoms with Gasteiger partial charge >= 0.3 is 0 Å². The molecular formula is C23H33N3OS2. The van der Waals surface area contributed by atoms with E-state index in [2.05, 4.69) is 30.1 Å². The topological polar surface area (TPSA) is 48.3 Å². The minimum atomic E-state index is 0.441. The molecule has 6 heteroatoms. The van der Waals surface area contributed by atoms with Crippen LogP contribution in [0.4, 0.5) is 5.69 Å². The van der Waals surface area contributed by atoms with Crippen molar-refractivity contribution in [3.8, 4) is 6.07 Å². The van der Waals surface area contributed by atoms with Crippen LogP contribution in [0.5, 0.6) is 0 Å².